The summed E-state index contributed by atoms with van der Waals surface area (Å²) in [4.78, 5) is 14.2. The van der Waals surface area contributed by atoms with Crippen molar-refractivity contribution in [3.05, 3.63) is 39.4 Å². The van der Waals surface area contributed by atoms with Gasteiger partial charge in [-0.3, -0.25) is 10.1 Å². The van der Waals surface area contributed by atoms with E-state index in [0.29, 0.717) is 21.0 Å². The summed E-state index contributed by atoms with van der Waals surface area (Å²) in [5.74, 6) is 0. The minimum Gasteiger partial charge on any atom is -0.258 e. The number of hydrogen-bond donors (Lipinski definition) is 1. The standard InChI is InChI=1S/C9H5ClN2O2S/c10-7-4-5-3-6(12(13)14)1-2-8(5)11-9(7)15/h1-4H,(H,11,15). The molecule has 0 aliphatic rings. The van der Waals surface area contributed by atoms with Gasteiger partial charge < -0.3 is 0 Å². The molecule has 0 spiro atoms. The maximum Gasteiger partial charge on any atom is 0.270 e. The number of thiol groups is 1. The molecular formula is C9H5ClN2O2S. The molecule has 2 rings (SSSR count). The number of rotatable bonds is 1. The third kappa shape index (κ3) is 1.88. The Bertz CT molecular complexity index is 559. The molecule has 76 valence electrons. The maximum absolute atomic E-state index is 10.5. The summed E-state index contributed by atoms with van der Waals surface area (Å²) in [6.45, 7) is 0. The summed E-state index contributed by atoms with van der Waals surface area (Å²) in [7, 11) is 0. The molecule has 0 fully saturated rings. The summed E-state index contributed by atoms with van der Waals surface area (Å²) in [6.07, 6.45) is 0. The average molecular weight is 241 g/mol. The smallest absolute Gasteiger partial charge is 0.258 e. The first-order chi connectivity index (χ1) is 7.08. The molecular weight excluding hydrogens is 236 g/mol. The quantitative estimate of drug-likeness (QED) is 0.473. The fourth-order valence-corrected chi connectivity index (χ4v) is 1.57. The van der Waals surface area contributed by atoms with Crippen molar-refractivity contribution in [1.29, 1.82) is 0 Å². The minimum atomic E-state index is -0.456. The molecule has 0 bridgehead atoms. The molecule has 0 saturated carbocycles. The molecule has 6 heteroatoms. The molecule has 15 heavy (non-hydrogen) atoms. The monoisotopic (exact) mass is 240 g/mol. The predicted molar refractivity (Wildman–Crippen MR) is 60.7 cm³/mol. The normalized spacial score (nSPS) is 10.5. The van der Waals surface area contributed by atoms with E-state index in [0.717, 1.165) is 0 Å². The SMILES string of the molecule is O=[N+]([O-])c1ccc2nc(S)c(Cl)cc2c1. The first kappa shape index (κ1) is 10.2. The number of halogens is 1. The lowest BCUT2D eigenvalue weighted by molar-refractivity contribution is -0.384. The molecule has 0 radical (unpaired) electrons. The highest BCUT2D eigenvalue weighted by Crippen LogP contribution is 2.26. The lowest BCUT2D eigenvalue weighted by Gasteiger charge is -2.00. The van der Waals surface area contributed by atoms with E-state index in [1.807, 2.05) is 0 Å². The number of fused-ring (bicyclic) bond motifs is 1. The van der Waals surface area contributed by atoms with Gasteiger partial charge in [0.15, 0.2) is 0 Å². The summed E-state index contributed by atoms with van der Waals surface area (Å²) in [5.41, 5.74) is 0.655. The van der Waals surface area contributed by atoms with E-state index >= 15 is 0 Å². The van der Waals surface area contributed by atoms with Gasteiger partial charge in [0, 0.05) is 17.5 Å². The summed E-state index contributed by atoms with van der Waals surface area (Å²) in [5, 5.41) is 12.0. The van der Waals surface area contributed by atoms with Crippen molar-refractivity contribution >= 4 is 40.8 Å². The second-order valence-electron chi connectivity index (χ2n) is 2.93. The summed E-state index contributed by atoms with van der Waals surface area (Å²) in [6, 6.07) is 6.01. The largest absolute Gasteiger partial charge is 0.270 e. The summed E-state index contributed by atoms with van der Waals surface area (Å²) >= 11 is 9.87. The first-order valence-electron chi connectivity index (χ1n) is 4.01. The zero-order valence-corrected chi connectivity index (χ0v) is 9.00. The number of pyridine rings is 1. The van der Waals surface area contributed by atoms with E-state index in [-0.39, 0.29) is 5.69 Å². The number of nitro groups is 1. The molecule has 1 aromatic carbocycles. The zero-order chi connectivity index (χ0) is 11.0. The van der Waals surface area contributed by atoms with Gasteiger partial charge in [0.05, 0.1) is 15.5 Å². The predicted octanol–water partition coefficient (Wildman–Crippen LogP) is 3.09. The Balaban J connectivity index is 2.72. The number of nitrogens with zero attached hydrogens (tertiary/aromatic N) is 2. The fourth-order valence-electron chi connectivity index (χ4n) is 1.24. The van der Waals surface area contributed by atoms with Crippen LogP contribution in [0, 0.1) is 10.1 Å². The Kier molecular flexibility index (Phi) is 2.50. The van der Waals surface area contributed by atoms with Gasteiger partial charge in [0.2, 0.25) is 0 Å². The Morgan fingerprint density at radius 2 is 2.13 bits per heavy atom. The van der Waals surface area contributed by atoms with Crippen LogP contribution in [-0.4, -0.2) is 9.91 Å². The lowest BCUT2D eigenvalue weighted by atomic mass is 10.2. The van der Waals surface area contributed by atoms with Crippen molar-refractivity contribution in [2.75, 3.05) is 0 Å². The average Bonchev–Trinajstić information content (AvgIpc) is 2.19. The Hall–Kier alpha value is -1.33. The van der Waals surface area contributed by atoms with Gasteiger partial charge in [-0.2, -0.15) is 0 Å². The molecule has 4 nitrogen and oxygen atoms in total. The number of aromatic nitrogens is 1. The van der Waals surface area contributed by atoms with E-state index in [1.165, 1.54) is 12.1 Å². The molecule has 1 heterocycles. The van der Waals surface area contributed by atoms with Crippen LogP contribution in [0.15, 0.2) is 29.3 Å². The van der Waals surface area contributed by atoms with Crippen LogP contribution in [-0.2, 0) is 0 Å². The Labute approximate surface area is 95.4 Å². The van der Waals surface area contributed by atoms with Gasteiger partial charge in [-0.1, -0.05) is 11.6 Å². The van der Waals surface area contributed by atoms with Crippen molar-refractivity contribution in [3.8, 4) is 0 Å². The van der Waals surface area contributed by atoms with Crippen molar-refractivity contribution in [2.24, 2.45) is 0 Å². The number of benzene rings is 1. The third-order valence-corrected chi connectivity index (χ3v) is 2.70. The zero-order valence-electron chi connectivity index (χ0n) is 7.35. The molecule has 0 saturated heterocycles. The Morgan fingerprint density at radius 3 is 2.80 bits per heavy atom. The number of nitro benzene ring substituents is 1. The van der Waals surface area contributed by atoms with Gasteiger partial charge in [0.25, 0.3) is 5.69 Å². The number of hydrogen-bond acceptors (Lipinski definition) is 4. The van der Waals surface area contributed by atoms with E-state index in [1.54, 1.807) is 12.1 Å². The molecule has 2 aromatic rings. The van der Waals surface area contributed by atoms with E-state index in [4.69, 9.17) is 11.6 Å². The van der Waals surface area contributed by atoms with E-state index < -0.39 is 4.92 Å². The lowest BCUT2D eigenvalue weighted by Crippen LogP contribution is -1.89. The highest BCUT2D eigenvalue weighted by molar-refractivity contribution is 7.80. The maximum atomic E-state index is 10.5. The highest BCUT2D eigenvalue weighted by Gasteiger charge is 2.08. The minimum absolute atomic E-state index is 0.0206. The van der Waals surface area contributed by atoms with Crippen molar-refractivity contribution in [3.63, 3.8) is 0 Å². The van der Waals surface area contributed by atoms with Gasteiger partial charge >= 0.3 is 0 Å². The van der Waals surface area contributed by atoms with Gasteiger partial charge in [-0.05, 0) is 12.1 Å². The van der Waals surface area contributed by atoms with Crippen molar-refractivity contribution < 1.29 is 4.92 Å². The van der Waals surface area contributed by atoms with Crippen LogP contribution < -0.4 is 0 Å². The fraction of sp³-hybridized carbons (Fsp3) is 0. The molecule has 0 unspecified atom stereocenters. The molecule has 0 aliphatic carbocycles. The molecule has 0 N–H and O–H groups in total. The molecule has 0 aliphatic heterocycles. The van der Waals surface area contributed by atoms with Crippen molar-refractivity contribution in [2.45, 2.75) is 5.03 Å². The van der Waals surface area contributed by atoms with Gasteiger partial charge in [-0.15, -0.1) is 12.6 Å². The molecule has 0 amide bonds. The highest BCUT2D eigenvalue weighted by atomic mass is 35.5. The van der Waals surface area contributed by atoms with Crippen LogP contribution in [0.25, 0.3) is 10.9 Å². The second-order valence-corrected chi connectivity index (χ2v) is 3.76. The first-order valence-corrected chi connectivity index (χ1v) is 4.84. The van der Waals surface area contributed by atoms with Gasteiger partial charge in [0.1, 0.15) is 5.03 Å². The van der Waals surface area contributed by atoms with Crippen LogP contribution in [0.5, 0.6) is 0 Å². The van der Waals surface area contributed by atoms with Crippen LogP contribution in [0.3, 0.4) is 0 Å². The molecule has 1 aromatic heterocycles. The van der Waals surface area contributed by atoms with Crippen LogP contribution in [0.4, 0.5) is 5.69 Å². The second kappa shape index (κ2) is 3.67. The van der Waals surface area contributed by atoms with E-state index in [9.17, 15) is 10.1 Å². The van der Waals surface area contributed by atoms with Crippen LogP contribution in [0.1, 0.15) is 0 Å². The van der Waals surface area contributed by atoms with Crippen LogP contribution in [0.2, 0.25) is 5.02 Å². The van der Waals surface area contributed by atoms with Crippen molar-refractivity contribution in [1.82, 2.24) is 4.98 Å². The van der Waals surface area contributed by atoms with E-state index in [2.05, 4.69) is 17.6 Å². The third-order valence-electron chi connectivity index (χ3n) is 1.94. The summed E-state index contributed by atoms with van der Waals surface area (Å²) < 4.78 is 0. The molecule has 0 atom stereocenters. The van der Waals surface area contributed by atoms with Crippen LogP contribution >= 0.6 is 24.2 Å². The van der Waals surface area contributed by atoms with Gasteiger partial charge in [-0.25, -0.2) is 4.98 Å². The Morgan fingerprint density at radius 1 is 1.40 bits per heavy atom. The number of non-ortho nitro benzene ring substituents is 1. The topological polar surface area (TPSA) is 56.0 Å².